The van der Waals surface area contributed by atoms with Gasteiger partial charge in [0.25, 0.3) is 5.91 Å². The number of carbonyl (C=O) groups is 1. The minimum Gasteiger partial charge on any atom is -0.362 e. The van der Waals surface area contributed by atoms with Crippen molar-refractivity contribution in [2.75, 3.05) is 10.6 Å². The fourth-order valence-electron chi connectivity index (χ4n) is 4.39. The van der Waals surface area contributed by atoms with Gasteiger partial charge in [-0.1, -0.05) is 30.3 Å². The predicted octanol–water partition coefficient (Wildman–Crippen LogP) is 7.33. The lowest BCUT2D eigenvalue weighted by molar-refractivity contribution is -0.137. The number of anilines is 3. The van der Waals surface area contributed by atoms with Gasteiger partial charge in [0.2, 0.25) is 0 Å². The SMILES string of the molecule is O=C1Nc2cc(Nc3cccc(-c4ncc(-c5cccc(C(F)(F)F)c5)[nH]4)c3)ccc2C1=Cc1ccc[nH]1. The molecule has 0 saturated heterocycles. The quantitative estimate of drug-likeness (QED) is 0.186. The molecular formula is C29H20F3N5O. The number of H-pyrrole nitrogens is 2. The zero-order chi connectivity index (χ0) is 26.3. The summed E-state index contributed by atoms with van der Waals surface area (Å²) in [4.78, 5) is 23.1. The highest BCUT2D eigenvalue weighted by Gasteiger charge is 2.30. The van der Waals surface area contributed by atoms with Crippen LogP contribution in [0.2, 0.25) is 0 Å². The van der Waals surface area contributed by atoms with Crippen LogP contribution in [0.15, 0.2) is 91.3 Å². The van der Waals surface area contributed by atoms with Gasteiger partial charge >= 0.3 is 6.18 Å². The van der Waals surface area contributed by atoms with E-state index in [9.17, 15) is 18.0 Å². The standard InChI is InChI=1S/C29H20F3N5O/c30-29(31,32)19-6-1-4-17(12-19)26-16-34-27(36-26)18-5-2-7-21(13-18)35-22-9-10-23-24(14-20-8-3-11-33-20)28(38)37-25(23)15-22/h1-16,33,35H,(H,34,36)(H,37,38). The number of hydrogen-bond acceptors (Lipinski definition) is 3. The van der Waals surface area contributed by atoms with Crippen molar-refractivity contribution in [3.8, 4) is 22.6 Å². The van der Waals surface area contributed by atoms with Gasteiger partial charge in [-0.3, -0.25) is 4.79 Å². The highest BCUT2D eigenvalue weighted by atomic mass is 19.4. The number of amides is 1. The first-order valence-corrected chi connectivity index (χ1v) is 11.7. The van der Waals surface area contributed by atoms with Crippen molar-refractivity contribution >= 4 is 34.6 Å². The van der Waals surface area contributed by atoms with Crippen LogP contribution in [0.3, 0.4) is 0 Å². The summed E-state index contributed by atoms with van der Waals surface area (Å²) >= 11 is 0. The van der Waals surface area contributed by atoms with Crippen LogP contribution in [-0.4, -0.2) is 20.9 Å². The van der Waals surface area contributed by atoms with Crippen LogP contribution in [0.25, 0.3) is 34.3 Å². The van der Waals surface area contributed by atoms with Gasteiger partial charge in [0.1, 0.15) is 5.82 Å². The molecule has 1 aliphatic heterocycles. The molecule has 0 aliphatic carbocycles. The van der Waals surface area contributed by atoms with E-state index in [1.807, 2.05) is 60.7 Å². The number of halogens is 3. The minimum absolute atomic E-state index is 0.164. The monoisotopic (exact) mass is 511 g/mol. The van der Waals surface area contributed by atoms with E-state index in [-0.39, 0.29) is 5.91 Å². The molecule has 0 bridgehead atoms. The van der Waals surface area contributed by atoms with E-state index in [4.69, 9.17) is 0 Å². The van der Waals surface area contributed by atoms with Gasteiger partial charge in [-0.15, -0.1) is 0 Å². The molecule has 188 valence electrons. The summed E-state index contributed by atoms with van der Waals surface area (Å²) in [7, 11) is 0. The maximum Gasteiger partial charge on any atom is 0.416 e. The summed E-state index contributed by atoms with van der Waals surface area (Å²) in [6.45, 7) is 0. The van der Waals surface area contributed by atoms with Crippen LogP contribution in [-0.2, 0) is 11.0 Å². The predicted molar refractivity (Wildman–Crippen MR) is 141 cm³/mol. The van der Waals surface area contributed by atoms with Crippen molar-refractivity contribution in [1.82, 2.24) is 15.0 Å². The third kappa shape index (κ3) is 4.57. The molecular weight excluding hydrogens is 491 g/mol. The van der Waals surface area contributed by atoms with Gasteiger partial charge in [0, 0.05) is 40.0 Å². The molecule has 0 saturated carbocycles. The van der Waals surface area contributed by atoms with E-state index in [2.05, 4.69) is 25.6 Å². The lowest BCUT2D eigenvalue weighted by Gasteiger charge is -2.09. The Morgan fingerprint density at radius 2 is 1.68 bits per heavy atom. The largest absolute Gasteiger partial charge is 0.416 e. The Bertz CT molecular complexity index is 1680. The summed E-state index contributed by atoms with van der Waals surface area (Å²) in [5.74, 6) is 0.365. The highest BCUT2D eigenvalue weighted by molar-refractivity contribution is 6.35. The van der Waals surface area contributed by atoms with Crippen molar-refractivity contribution in [2.24, 2.45) is 0 Å². The van der Waals surface area contributed by atoms with E-state index in [1.54, 1.807) is 12.3 Å². The average Bonchev–Trinajstić information content (AvgIpc) is 3.65. The topological polar surface area (TPSA) is 85.6 Å². The Hall–Kier alpha value is -5.05. The smallest absolute Gasteiger partial charge is 0.362 e. The number of imidazole rings is 1. The van der Waals surface area contributed by atoms with Crippen molar-refractivity contribution in [3.63, 3.8) is 0 Å². The molecule has 6 rings (SSSR count). The van der Waals surface area contributed by atoms with Crippen molar-refractivity contribution in [3.05, 3.63) is 108 Å². The number of aromatic nitrogens is 3. The molecule has 4 N–H and O–H groups in total. The second-order valence-corrected chi connectivity index (χ2v) is 8.83. The molecule has 3 aromatic carbocycles. The zero-order valence-corrected chi connectivity index (χ0v) is 19.7. The lowest BCUT2D eigenvalue weighted by atomic mass is 10.1. The Balaban J connectivity index is 1.23. The highest BCUT2D eigenvalue weighted by Crippen LogP contribution is 2.36. The normalized spacial score (nSPS) is 14.0. The van der Waals surface area contributed by atoms with Crippen LogP contribution in [0.1, 0.15) is 16.8 Å². The van der Waals surface area contributed by atoms with Crippen LogP contribution >= 0.6 is 0 Å². The van der Waals surface area contributed by atoms with E-state index >= 15 is 0 Å². The minimum atomic E-state index is -4.42. The average molecular weight is 512 g/mol. The fourth-order valence-corrected chi connectivity index (χ4v) is 4.39. The van der Waals surface area contributed by atoms with Gasteiger partial charge < -0.3 is 20.6 Å². The number of rotatable bonds is 5. The maximum atomic E-state index is 13.1. The number of alkyl halides is 3. The first-order valence-electron chi connectivity index (χ1n) is 11.7. The second-order valence-electron chi connectivity index (χ2n) is 8.83. The molecule has 6 nitrogen and oxygen atoms in total. The molecule has 1 amide bonds. The number of hydrogen-bond donors (Lipinski definition) is 4. The Kier molecular flexibility index (Phi) is 5.60. The van der Waals surface area contributed by atoms with Crippen molar-refractivity contribution < 1.29 is 18.0 Å². The number of fused-ring (bicyclic) bond motifs is 1. The van der Waals surface area contributed by atoms with E-state index in [1.165, 1.54) is 12.3 Å². The van der Waals surface area contributed by atoms with Crippen LogP contribution in [0, 0.1) is 0 Å². The molecule has 0 atom stereocenters. The van der Waals surface area contributed by atoms with Gasteiger partial charge in [-0.25, -0.2) is 4.98 Å². The third-order valence-electron chi connectivity index (χ3n) is 6.23. The molecule has 38 heavy (non-hydrogen) atoms. The molecule has 9 heteroatoms. The van der Waals surface area contributed by atoms with Crippen LogP contribution in [0.4, 0.5) is 30.2 Å². The van der Waals surface area contributed by atoms with E-state index in [0.29, 0.717) is 28.3 Å². The molecule has 0 fully saturated rings. The second kappa shape index (κ2) is 9.11. The number of carbonyl (C=O) groups excluding carboxylic acids is 1. The number of aromatic amines is 2. The van der Waals surface area contributed by atoms with Crippen LogP contribution in [0.5, 0.6) is 0 Å². The maximum absolute atomic E-state index is 13.1. The lowest BCUT2D eigenvalue weighted by Crippen LogP contribution is -2.04. The Morgan fingerprint density at radius 1 is 0.868 bits per heavy atom. The Morgan fingerprint density at radius 3 is 2.50 bits per heavy atom. The molecule has 1 aliphatic rings. The molecule has 2 aromatic heterocycles. The van der Waals surface area contributed by atoms with Gasteiger partial charge in [0.05, 0.1) is 28.7 Å². The van der Waals surface area contributed by atoms with Crippen molar-refractivity contribution in [1.29, 1.82) is 0 Å². The zero-order valence-electron chi connectivity index (χ0n) is 19.7. The molecule has 5 aromatic rings. The summed E-state index contributed by atoms with van der Waals surface area (Å²) < 4.78 is 39.3. The summed E-state index contributed by atoms with van der Waals surface area (Å²) in [6.07, 6.45) is 0.719. The number of nitrogens with one attached hydrogen (secondary N) is 4. The first-order chi connectivity index (χ1) is 18.3. The van der Waals surface area contributed by atoms with Gasteiger partial charge in [0.15, 0.2) is 0 Å². The van der Waals surface area contributed by atoms with E-state index < -0.39 is 11.7 Å². The number of nitrogens with zero attached hydrogens (tertiary/aromatic N) is 1. The molecule has 0 radical (unpaired) electrons. The summed E-state index contributed by atoms with van der Waals surface area (Å²) in [5.41, 5.74) is 5.47. The summed E-state index contributed by atoms with van der Waals surface area (Å²) in [5, 5.41) is 6.25. The third-order valence-corrected chi connectivity index (χ3v) is 6.23. The molecule has 3 heterocycles. The fraction of sp³-hybridized carbons (Fsp3) is 0.0345. The molecule has 0 spiro atoms. The summed E-state index contributed by atoms with van der Waals surface area (Å²) in [6, 6.07) is 22.0. The Labute approximate surface area is 215 Å². The van der Waals surface area contributed by atoms with Gasteiger partial charge in [-0.2, -0.15) is 13.2 Å². The van der Waals surface area contributed by atoms with Gasteiger partial charge in [-0.05, 0) is 54.6 Å². The van der Waals surface area contributed by atoms with Crippen molar-refractivity contribution in [2.45, 2.75) is 6.18 Å². The first kappa shape index (κ1) is 23.4. The molecule has 0 unspecified atom stereocenters. The van der Waals surface area contributed by atoms with Crippen LogP contribution < -0.4 is 10.6 Å². The van der Waals surface area contributed by atoms with E-state index in [0.717, 1.165) is 40.3 Å². The number of benzene rings is 3.